The summed E-state index contributed by atoms with van der Waals surface area (Å²) in [5.41, 5.74) is 2.08. The summed E-state index contributed by atoms with van der Waals surface area (Å²) in [6.07, 6.45) is -0.703. The topological polar surface area (TPSA) is 54.8 Å². The van der Waals surface area contributed by atoms with Crippen LogP contribution in [0.1, 0.15) is 11.7 Å². The molecule has 22 heavy (non-hydrogen) atoms. The number of benzene rings is 1. The van der Waals surface area contributed by atoms with Gasteiger partial charge in [0.05, 0.1) is 12.0 Å². The van der Waals surface area contributed by atoms with Gasteiger partial charge in [0.2, 0.25) is 5.91 Å². The molecule has 6 nitrogen and oxygen atoms in total. The number of aryl methyl sites for hydroxylation is 1. The number of likely N-dealkylation sites (tertiary alicyclic amines) is 1. The smallest absolute Gasteiger partial charge is 0.261 e. The zero-order chi connectivity index (χ0) is 15.6. The van der Waals surface area contributed by atoms with Crippen LogP contribution in [-0.2, 0) is 21.5 Å². The van der Waals surface area contributed by atoms with E-state index in [2.05, 4.69) is 10.6 Å². The molecule has 0 saturated carbocycles. The number of amides is 2. The fourth-order valence-corrected chi connectivity index (χ4v) is 3.65. The number of rotatable bonds is 1. The van der Waals surface area contributed by atoms with Gasteiger partial charge >= 0.3 is 0 Å². The van der Waals surface area contributed by atoms with E-state index < -0.39 is 12.0 Å². The number of aromatic nitrogens is 1. The Balaban J connectivity index is 1.85. The van der Waals surface area contributed by atoms with Gasteiger partial charge in [-0.25, -0.2) is 0 Å². The molecule has 2 saturated heterocycles. The first-order valence-corrected chi connectivity index (χ1v) is 7.26. The van der Waals surface area contributed by atoms with Crippen molar-refractivity contribution in [2.45, 2.75) is 12.1 Å². The summed E-state index contributed by atoms with van der Waals surface area (Å²) in [6, 6.07) is 9.87. The second-order valence-electron chi connectivity index (χ2n) is 5.97. The molecule has 2 fully saturated rings. The third-order valence-corrected chi connectivity index (χ3v) is 4.82. The average molecular weight is 299 g/mol. The SMILES string of the molecule is CN1C(=O)[C@H]2[C@@H](c3cc4ccccc4n3C)N(C)O[C@H]2C1=O. The first kappa shape index (κ1) is 13.5. The Bertz CT molecular complexity index is 797. The van der Waals surface area contributed by atoms with Crippen LogP contribution in [0.15, 0.2) is 30.3 Å². The van der Waals surface area contributed by atoms with Crippen molar-refractivity contribution in [1.29, 1.82) is 0 Å². The van der Waals surface area contributed by atoms with Gasteiger partial charge in [-0.1, -0.05) is 18.2 Å². The van der Waals surface area contributed by atoms with E-state index in [4.69, 9.17) is 4.84 Å². The van der Waals surface area contributed by atoms with Gasteiger partial charge in [0.1, 0.15) is 0 Å². The summed E-state index contributed by atoms with van der Waals surface area (Å²) in [4.78, 5) is 31.4. The van der Waals surface area contributed by atoms with E-state index in [1.165, 1.54) is 11.9 Å². The minimum atomic E-state index is -0.703. The molecule has 1 aromatic carbocycles. The molecule has 2 aliphatic heterocycles. The van der Waals surface area contributed by atoms with Crippen LogP contribution >= 0.6 is 0 Å². The van der Waals surface area contributed by atoms with Crippen LogP contribution in [0.25, 0.3) is 10.9 Å². The quantitative estimate of drug-likeness (QED) is 0.740. The molecular formula is C16H17N3O3. The highest BCUT2D eigenvalue weighted by molar-refractivity contribution is 6.07. The highest BCUT2D eigenvalue weighted by Gasteiger charge is 2.58. The maximum absolute atomic E-state index is 12.4. The summed E-state index contributed by atoms with van der Waals surface area (Å²) in [7, 11) is 5.27. The number of imide groups is 1. The minimum absolute atomic E-state index is 0.172. The molecule has 0 radical (unpaired) electrons. The average Bonchev–Trinajstić information content (AvgIpc) is 3.08. The van der Waals surface area contributed by atoms with Crippen molar-refractivity contribution in [2.75, 3.05) is 14.1 Å². The molecule has 114 valence electrons. The van der Waals surface area contributed by atoms with E-state index in [1.54, 1.807) is 12.1 Å². The number of likely N-dealkylation sites (N-methyl/N-ethyl adjacent to an activating group) is 1. The molecule has 1 aromatic heterocycles. The fraction of sp³-hybridized carbons (Fsp3) is 0.375. The first-order chi connectivity index (χ1) is 10.5. The van der Waals surface area contributed by atoms with E-state index in [9.17, 15) is 9.59 Å². The predicted molar refractivity (Wildman–Crippen MR) is 79.6 cm³/mol. The maximum Gasteiger partial charge on any atom is 0.261 e. The molecule has 0 spiro atoms. The molecule has 2 amide bonds. The number of hydroxylamine groups is 2. The Morgan fingerprint density at radius 3 is 2.50 bits per heavy atom. The van der Waals surface area contributed by atoms with Crippen molar-refractivity contribution in [3.8, 4) is 0 Å². The van der Waals surface area contributed by atoms with Crippen LogP contribution in [0.4, 0.5) is 0 Å². The van der Waals surface area contributed by atoms with Crippen LogP contribution in [0.2, 0.25) is 0 Å². The number of carbonyl (C=O) groups excluding carboxylic acids is 2. The largest absolute Gasteiger partial charge is 0.346 e. The third kappa shape index (κ3) is 1.56. The lowest BCUT2D eigenvalue weighted by Gasteiger charge is -2.23. The Morgan fingerprint density at radius 2 is 1.77 bits per heavy atom. The molecule has 0 aliphatic carbocycles. The molecule has 2 aliphatic rings. The van der Waals surface area contributed by atoms with E-state index in [-0.39, 0.29) is 17.9 Å². The number of hydrogen-bond donors (Lipinski definition) is 0. The van der Waals surface area contributed by atoms with Gasteiger partial charge in [-0.15, -0.1) is 0 Å². The second-order valence-corrected chi connectivity index (χ2v) is 5.97. The van der Waals surface area contributed by atoms with E-state index >= 15 is 0 Å². The van der Waals surface area contributed by atoms with Crippen LogP contribution < -0.4 is 0 Å². The summed E-state index contributed by atoms with van der Waals surface area (Å²) >= 11 is 0. The Hall–Kier alpha value is -2.18. The third-order valence-electron chi connectivity index (χ3n) is 4.82. The van der Waals surface area contributed by atoms with Gasteiger partial charge in [0, 0.05) is 32.4 Å². The summed E-state index contributed by atoms with van der Waals surface area (Å²) < 4.78 is 2.07. The number of fused-ring (bicyclic) bond motifs is 2. The van der Waals surface area contributed by atoms with Crippen LogP contribution in [0, 0.1) is 5.92 Å². The molecular weight excluding hydrogens is 282 g/mol. The molecule has 3 atom stereocenters. The van der Waals surface area contributed by atoms with Gasteiger partial charge < -0.3 is 4.57 Å². The Morgan fingerprint density at radius 1 is 1.05 bits per heavy atom. The molecule has 0 unspecified atom stereocenters. The monoisotopic (exact) mass is 299 g/mol. The van der Waals surface area contributed by atoms with Gasteiger partial charge in [0.15, 0.2) is 6.10 Å². The van der Waals surface area contributed by atoms with Crippen LogP contribution in [-0.4, -0.2) is 46.5 Å². The summed E-state index contributed by atoms with van der Waals surface area (Å²) in [5, 5.41) is 2.76. The highest BCUT2D eigenvalue weighted by atomic mass is 16.7. The van der Waals surface area contributed by atoms with E-state index in [0.29, 0.717) is 0 Å². The number of carbonyl (C=O) groups is 2. The maximum atomic E-state index is 12.4. The normalized spacial score (nSPS) is 28.9. The zero-order valence-corrected chi connectivity index (χ0v) is 12.7. The number of hydrogen-bond acceptors (Lipinski definition) is 4. The van der Waals surface area contributed by atoms with Crippen molar-refractivity contribution < 1.29 is 14.4 Å². The fourth-order valence-electron chi connectivity index (χ4n) is 3.65. The minimum Gasteiger partial charge on any atom is -0.346 e. The molecule has 3 heterocycles. The van der Waals surface area contributed by atoms with Crippen molar-refractivity contribution in [3.63, 3.8) is 0 Å². The van der Waals surface area contributed by atoms with Gasteiger partial charge in [-0.2, -0.15) is 5.06 Å². The molecule has 6 heteroatoms. The highest BCUT2D eigenvalue weighted by Crippen LogP contribution is 2.44. The molecule has 2 aromatic rings. The zero-order valence-electron chi connectivity index (χ0n) is 12.7. The number of nitrogens with zero attached hydrogens (tertiary/aromatic N) is 3. The predicted octanol–water partition coefficient (Wildman–Crippen LogP) is 1.08. The summed E-state index contributed by atoms with van der Waals surface area (Å²) in [6.45, 7) is 0. The second kappa shape index (κ2) is 4.41. The molecule has 0 bridgehead atoms. The first-order valence-electron chi connectivity index (χ1n) is 7.26. The van der Waals surface area contributed by atoms with Crippen LogP contribution in [0.5, 0.6) is 0 Å². The lowest BCUT2D eigenvalue weighted by molar-refractivity contribution is -0.169. The molecule has 4 rings (SSSR count). The Kier molecular flexibility index (Phi) is 2.70. The number of para-hydroxylation sites is 1. The van der Waals surface area contributed by atoms with Gasteiger partial charge in [-0.3, -0.25) is 19.3 Å². The van der Waals surface area contributed by atoms with Crippen LogP contribution in [0.3, 0.4) is 0 Å². The Labute approximate surface area is 127 Å². The summed E-state index contributed by atoms with van der Waals surface area (Å²) in [5.74, 6) is -0.914. The van der Waals surface area contributed by atoms with Crippen molar-refractivity contribution in [2.24, 2.45) is 13.0 Å². The van der Waals surface area contributed by atoms with E-state index in [0.717, 1.165) is 16.6 Å². The lowest BCUT2D eigenvalue weighted by Crippen LogP contribution is -2.33. The molecule has 0 N–H and O–H groups in total. The van der Waals surface area contributed by atoms with Crippen molar-refractivity contribution >= 4 is 22.7 Å². The lowest BCUT2D eigenvalue weighted by atomic mass is 9.94. The van der Waals surface area contributed by atoms with Gasteiger partial charge in [-0.05, 0) is 17.5 Å². The van der Waals surface area contributed by atoms with Gasteiger partial charge in [0.25, 0.3) is 5.91 Å². The van der Waals surface area contributed by atoms with Crippen molar-refractivity contribution in [3.05, 3.63) is 36.0 Å². The van der Waals surface area contributed by atoms with E-state index in [1.807, 2.05) is 31.3 Å². The van der Waals surface area contributed by atoms with Crippen molar-refractivity contribution in [1.82, 2.24) is 14.5 Å². The standard InChI is InChI=1S/C16H17N3O3/c1-17-10-7-5-4-6-9(10)8-11(17)13-12-14(22-19(13)3)16(21)18(2)15(12)20/h4-8,12-14H,1-3H3/t12-,13+,14+/m0/s1.